The van der Waals surface area contributed by atoms with Crippen LogP contribution in [-0.2, 0) is 4.79 Å². The topological polar surface area (TPSA) is 52.6 Å². The first-order valence-corrected chi connectivity index (χ1v) is 6.50. The van der Waals surface area contributed by atoms with Gasteiger partial charge in [0.2, 0.25) is 0 Å². The molecular weight excluding hydrogens is 216 g/mol. The average molecular weight is 244 g/mol. The van der Waals surface area contributed by atoms with Gasteiger partial charge in [-0.15, -0.1) is 0 Å². The van der Waals surface area contributed by atoms with Gasteiger partial charge in [-0.3, -0.25) is 4.79 Å². The Morgan fingerprint density at radius 3 is 2.47 bits per heavy atom. The van der Waals surface area contributed by atoms with E-state index in [0.717, 1.165) is 25.8 Å². The minimum absolute atomic E-state index is 0.602. The standard InChI is InChI=1S/C13H28N2O2/c1-6-11(2)15(5)10-8-7-9-13(3,14-4)12(16)17/h11,14H,6-10H2,1-5H3,(H,16,17). The molecule has 0 bridgehead atoms. The summed E-state index contributed by atoms with van der Waals surface area (Å²) >= 11 is 0. The maximum absolute atomic E-state index is 11.1. The van der Waals surface area contributed by atoms with E-state index in [1.807, 2.05) is 0 Å². The van der Waals surface area contributed by atoms with E-state index in [2.05, 4.69) is 31.1 Å². The monoisotopic (exact) mass is 244 g/mol. The number of carbonyl (C=O) groups is 1. The lowest BCUT2D eigenvalue weighted by atomic mass is 9.95. The minimum atomic E-state index is -0.783. The first-order valence-electron chi connectivity index (χ1n) is 6.50. The highest BCUT2D eigenvalue weighted by Crippen LogP contribution is 2.14. The number of carboxylic acids is 1. The molecule has 0 saturated carbocycles. The van der Waals surface area contributed by atoms with Crippen molar-refractivity contribution >= 4 is 5.97 Å². The quantitative estimate of drug-likeness (QED) is 0.609. The summed E-state index contributed by atoms with van der Waals surface area (Å²) in [5, 5.41) is 12.0. The van der Waals surface area contributed by atoms with Crippen LogP contribution in [0.2, 0.25) is 0 Å². The second-order valence-corrected chi connectivity index (χ2v) is 5.08. The molecule has 2 unspecified atom stereocenters. The molecule has 0 aromatic heterocycles. The van der Waals surface area contributed by atoms with Crippen LogP contribution in [0.3, 0.4) is 0 Å². The van der Waals surface area contributed by atoms with Crippen molar-refractivity contribution in [2.75, 3.05) is 20.6 Å². The molecule has 0 rings (SSSR count). The number of carboxylic acid groups (broad SMARTS) is 1. The summed E-state index contributed by atoms with van der Waals surface area (Å²) in [7, 11) is 3.84. The van der Waals surface area contributed by atoms with Crippen LogP contribution in [0.25, 0.3) is 0 Å². The Morgan fingerprint density at radius 2 is 2.06 bits per heavy atom. The number of aliphatic carboxylic acids is 1. The van der Waals surface area contributed by atoms with Crippen LogP contribution in [0.5, 0.6) is 0 Å². The van der Waals surface area contributed by atoms with Gasteiger partial charge in [0, 0.05) is 6.04 Å². The third kappa shape index (κ3) is 5.50. The highest BCUT2D eigenvalue weighted by Gasteiger charge is 2.30. The van der Waals surface area contributed by atoms with Crippen molar-refractivity contribution in [2.24, 2.45) is 0 Å². The van der Waals surface area contributed by atoms with Gasteiger partial charge in [-0.1, -0.05) is 6.92 Å². The fourth-order valence-electron chi connectivity index (χ4n) is 1.71. The van der Waals surface area contributed by atoms with Crippen LogP contribution in [0.1, 0.15) is 46.5 Å². The lowest BCUT2D eigenvalue weighted by molar-refractivity contribution is -0.144. The van der Waals surface area contributed by atoms with Crippen molar-refractivity contribution < 1.29 is 9.90 Å². The van der Waals surface area contributed by atoms with Crippen molar-refractivity contribution in [1.82, 2.24) is 10.2 Å². The van der Waals surface area contributed by atoms with Crippen molar-refractivity contribution in [1.29, 1.82) is 0 Å². The predicted molar refractivity (Wildman–Crippen MR) is 71.3 cm³/mol. The van der Waals surface area contributed by atoms with Crippen molar-refractivity contribution in [3.05, 3.63) is 0 Å². The molecular formula is C13H28N2O2. The number of rotatable bonds is 9. The summed E-state index contributed by atoms with van der Waals surface area (Å²) in [5.41, 5.74) is -0.783. The van der Waals surface area contributed by atoms with Crippen LogP contribution >= 0.6 is 0 Å². The molecule has 0 aliphatic heterocycles. The molecule has 4 nitrogen and oxygen atoms in total. The van der Waals surface area contributed by atoms with E-state index < -0.39 is 11.5 Å². The Morgan fingerprint density at radius 1 is 1.47 bits per heavy atom. The molecule has 0 spiro atoms. The summed E-state index contributed by atoms with van der Waals surface area (Å²) in [4.78, 5) is 13.4. The highest BCUT2D eigenvalue weighted by molar-refractivity contribution is 5.78. The Kier molecular flexibility index (Phi) is 7.39. The van der Waals surface area contributed by atoms with Gasteiger partial charge in [0.15, 0.2) is 0 Å². The Bertz CT molecular complexity index is 233. The molecule has 17 heavy (non-hydrogen) atoms. The maximum Gasteiger partial charge on any atom is 0.323 e. The zero-order chi connectivity index (χ0) is 13.5. The summed E-state index contributed by atoms with van der Waals surface area (Å²) in [6.07, 6.45) is 3.81. The number of hydrogen-bond acceptors (Lipinski definition) is 3. The highest BCUT2D eigenvalue weighted by atomic mass is 16.4. The summed E-state index contributed by atoms with van der Waals surface area (Å²) in [6, 6.07) is 0.602. The van der Waals surface area contributed by atoms with E-state index in [0.29, 0.717) is 12.5 Å². The van der Waals surface area contributed by atoms with E-state index in [1.54, 1.807) is 14.0 Å². The van der Waals surface area contributed by atoms with Gasteiger partial charge in [-0.05, 0) is 60.2 Å². The van der Waals surface area contributed by atoms with Gasteiger partial charge in [0.05, 0.1) is 0 Å². The fraction of sp³-hybridized carbons (Fsp3) is 0.923. The van der Waals surface area contributed by atoms with Crippen LogP contribution in [0, 0.1) is 0 Å². The number of hydrogen-bond donors (Lipinski definition) is 2. The largest absolute Gasteiger partial charge is 0.480 e. The molecule has 0 saturated heterocycles. The van der Waals surface area contributed by atoms with Crippen LogP contribution in [0.4, 0.5) is 0 Å². The van der Waals surface area contributed by atoms with Gasteiger partial charge in [0.1, 0.15) is 5.54 Å². The number of unbranched alkanes of at least 4 members (excludes halogenated alkanes) is 1. The van der Waals surface area contributed by atoms with E-state index in [9.17, 15) is 4.79 Å². The lowest BCUT2D eigenvalue weighted by Crippen LogP contribution is -2.47. The molecule has 0 aliphatic rings. The Labute approximate surface area is 105 Å². The van der Waals surface area contributed by atoms with Gasteiger partial charge in [-0.2, -0.15) is 0 Å². The summed E-state index contributed by atoms with van der Waals surface area (Å²) in [5.74, 6) is -0.768. The van der Waals surface area contributed by atoms with Crippen LogP contribution in [0.15, 0.2) is 0 Å². The third-order valence-corrected chi connectivity index (χ3v) is 3.80. The molecule has 0 aromatic rings. The van der Waals surface area contributed by atoms with E-state index >= 15 is 0 Å². The number of nitrogens with one attached hydrogen (secondary N) is 1. The molecule has 0 fully saturated rings. The molecule has 4 heteroatoms. The Hall–Kier alpha value is -0.610. The maximum atomic E-state index is 11.1. The molecule has 2 N–H and O–H groups in total. The van der Waals surface area contributed by atoms with E-state index in [4.69, 9.17) is 5.11 Å². The molecule has 102 valence electrons. The predicted octanol–water partition coefficient (Wildman–Crippen LogP) is 1.95. The average Bonchev–Trinajstić information content (AvgIpc) is 2.32. The minimum Gasteiger partial charge on any atom is -0.480 e. The first kappa shape index (κ1) is 16.4. The number of nitrogens with zero attached hydrogens (tertiary/aromatic N) is 1. The van der Waals surface area contributed by atoms with Gasteiger partial charge >= 0.3 is 5.97 Å². The van der Waals surface area contributed by atoms with E-state index in [1.165, 1.54) is 0 Å². The normalized spacial score (nSPS) is 16.8. The van der Waals surface area contributed by atoms with Gasteiger partial charge < -0.3 is 15.3 Å². The third-order valence-electron chi connectivity index (χ3n) is 3.80. The van der Waals surface area contributed by atoms with Crippen LogP contribution in [-0.4, -0.2) is 48.2 Å². The SMILES string of the molecule is CCC(C)N(C)CCCCC(C)(NC)C(=O)O. The van der Waals surface area contributed by atoms with E-state index in [-0.39, 0.29) is 0 Å². The molecule has 0 aromatic carbocycles. The summed E-state index contributed by atoms with van der Waals surface area (Å²) < 4.78 is 0. The Balaban J connectivity index is 3.88. The van der Waals surface area contributed by atoms with Crippen molar-refractivity contribution in [3.63, 3.8) is 0 Å². The lowest BCUT2D eigenvalue weighted by Gasteiger charge is -2.26. The molecule has 0 aliphatic carbocycles. The zero-order valence-corrected chi connectivity index (χ0v) is 11.9. The van der Waals surface area contributed by atoms with Crippen LogP contribution < -0.4 is 5.32 Å². The van der Waals surface area contributed by atoms with Gasteiger partial charge in [0.25, 0.3) is 0 Å². The zero-order valence-electron chi connectivity index (χ0n) is 11.9. The number of likely N-dealkylation sites (N-methyl/N-ethyl adjacent to an activating group) is 1. The summed E-state index contributed by atoms with van der Waals surface area (Å²) in [6.45, 7) is 7.18. The molecule has 0 heterocycles. The molecule has 0 amide bonds. The van der Waals surface area contributed by atoms with Crippen molar-refractivity contribution in [3.8, 4) is 0 Å². The first-order chi connectivity index (χ1) is 7.87. The smallest absolute Gasteiger partial charge is 0.323 e. The van der Waals surface area contributed by atoms with Gasteiger partial charge in [-0.25, -0.2) is 0 Å². The second kappa shape index (κ2) is 7.67. The second-order valence-electron chi connectivity index (χ2n) is 5.08. The fourth-order valence-corrected chi connectivity index (χ4v) is 1.71. The molecule has 2 atom stereocenters. The molecule has 0 radical (unpaired) electrons. The van der Waals surface area contributed by atoms with Crippen molar-refractivity contribution in [2.45, 2.75) is 58.0 Å².